The minimum Gasteiger partial charge on any atom is -0.462 e. The van der Waals surface area contributed by atoms with Gasteiger partial charge < -0.3 is 9.47 Å². The first-order valence-corrected chi connectivity index (χ1v) is 10.5. The molecule has 6 atom stereocenters. The normalized spacial score (nSPS) is 42.8. The fourth-order valence-electron chi connectivity index (χ4n) is 6.91. The van der Waals surface area contributed by atoms with Crippen molar-refractivity contribution < 1.29 is 19.1 Å². The van der Waals surface area contributed by atoms with E-state index in [2.05, 4.69) is 26.0 Å². The summed E-state index contributed by atoms with van der Waals surface area (Å²) in [5, 5.41) is 0. The van der Waals surface area contributed by atoms with Crippen LogP contribution in [0.1, 0.15) is 72.6 Å². The predicted molar refractivity (Wildman–Crippen MR) is 102 cm³/mol. The van der Waals surface area contributed by atoms with Crippen LogP contribution >= 0.6 is 0 Å². The van der Waals surface area contributed by atoms with Crippen LogP contribution in [0.3, 0.4) is 0 Å². The molecule has 4 aliphatic rings. The van der Waals surface area contributed by atoms with Crippen molar-refractivity contribution in [3.63, 3.8) is 0 Å². The van der Waals surface area contributed by atoms with Crippen LogP contribution in [-0.2, 0) is 19.1 Å². The molecule has 0 unspecified atom stereocenters. The van der Waals surface area contributed by atoms with Gasteiger partial charge in [0, 0.05) is 25.7 Å². The van der Waals surface area contributed by atoms with Gasteiger partial charge in [-0.3, -0.25) is 9.59 Å². The largest absolute Gasteiger partial charge is 0.462 e. The molecule has 0 aromatic heterocycles. The molecule has 4 nitrogen and oxygen atoms in total. The summed E-state index contributed by atoms with van der Waals surface area (Å²) >= 11 is 0. The first-order chi connectivity index (χ1) is 12.7. The van der Waals surface area contributed by atoms with Crippen molar-refractivity contribution in [3.05, 3.63) is 23.5 Å². The highest BCUT2D eigenvalue weighted by molar-refractivity contribution is 5.67. The first-order valence-electron chi connectivity index (χ1n) is 10.5. The Morgan fingerprint density at radius 1 is 1.04 bits per heavy atom. The molecular weight excluding hydrogens is 340 g/mol. The van der Waals surface area contributed by atoms with E-state index in [4.69, 9.17) is 9.47 Å². The molecule has 0 N–H and O–H groups in total. The Balaban J connectivity index is 1.60. The second-order valence-electron chi connectivity index (χ2n) is 9.61. The molecule has 2 saturated carbocycles. The van der Waals surface area contributed by atoms with Gasteiger partial charge in [0.2, 0.25) is 0 Å². The van der Waals surface area contributed by atoms with E-state index < -0.39 is 0 Å². The van der Waals surface area contributed by atoms with Gasteiger partial charge in [0.1, 0.15) is 11.9 Å². The molecule has 0 radical (unpaired) electrons. The molecule has 148 valence electrons. The molecule has 4 aliphatic carbocycles. The zero-order valence-electron chi connectivity index (χ0n) is 17.0. The Bertz CT molecular complexity index is 720. The van der Waals surface area contributed by atoms with Crippen LogP contribution in [0, 0.1) is 28.6 Å². The second-order valence-corrected chi connectivity index (χ2v) is 9.61. The molecule has 0 heterocycles. The number of fused-ring (bicyclic) bond motifs is 5. The highest BCUT2D eigenvalue weighted by Gasteiger charge is 2.59. The summed E-state index contributed by atoms with van der Waals surface area (Å²) in [6.07, 6.45) is 12.1. The molecule has 4 rings (SSSR count). The third-order valence-electron chi connectivity index (χ3n) is 8.23. The van der Waals surface area contributed by atoms with E-state index in [0.717, 1.165) is 37.9 Å². The van der Waals surface area contributed by atoms with Gasteiger partial charge in [-0.05, 0) is 73.3 Å². The van der Waals surface area contributed by atoms with Crippen LogP contribution in [-0.4, -0.2) is 18.0 Å². The topological polar surface area (TPSA) is 52.6 Å². The second kappa shape index (κ2) is 6.49. The van der Waals surface area contributed by atoms with Crippen LogP contribution in [0.25, 0.3) is 0 Å². The van der Waals surface area contributed by atoms with Gasteiger partial charge in [0.05, 0.1) is 0 Å². The highest BCUT2D eigenvalue weighted by Crippen LogP contribution is 2.64. The van der Waals surface area contributed by atoms with E-state index in [1.165, 1.54) is 32.3 Å². The Morgan fingerprint density at radius 3 is 2.52 bits per heavy atom. The summed E-state index contributed by atoms with van der Waals surface area (Å²) in [5.74, 6) is 2.42. The molecule has 0 aromatic rings. The zero-order chi connectivity index (χ0) is 19.4. The molecule has 0 aliphatic heterocycles. The molecule has 4 heteroatoms. The quantitative estimate of drug-likeness (QED) is 0.644. The van der Waals surface area contributed by atoms with E-state index in [9.17, 15) is 9.59 Å². The number of carbonyl (C=O) groups excluding carboxylic acids is 2. The van der Waals surface area contributed by atoms with Crippen molar-refractivity contribution in [2.75, 3.05) is 0 Å². The fraction of sp³-hybridized carbons (Fsp3) is 0.739. The number of esters is 2. The number of ether oxygens (including phenoxy) is 2. The van der Waals surface area contributed by atoms with Crippen molar-refractivity contribution >= 4 is 11.9 Å². The monoisotopic (exact) mass is 372 g/mol. The van der Waals surface area contributed by atoms with Gasteiger partial charge in [0.15, 0.2) is 0 Å². The van der Waals surface area contributed by atoms with Crippen LogP contribution in [0.4, 0.5) is 0 Å². The Kier molecular flexibility index (Phi) is 4.51. The molecule has 2 fully saturated rings. The Labute approximate surface area is 162 Å². The third-order valence-corrected chi connectivity index (χ3v) is 8.23. The van der Waals surface area contributed by atoms with E-state index in [1.54, 1.807) is 0 Å². The third kappa shape index (κ3) is 2.96. The number of allylic oxidation sites excluding steroid dienone is 4. The highest BCUT2D eigenvalue weighted by atomic mass is 16.5. The van der Waals surface area contributed by atoms with Gasteiger partial charge in [-0.15, -0.1) is 0 Å². The molecule has 0 saturated heterocycles. The number of carbonyl (C=O) groups is 2. The van der Waals surface area contributed by atoms with Crippen molar-refractivity contribution in [1.29, 1.82) is 0 Å². The molecule has 0 amide bonds. The summed E-state index contributed by atoms with van der Waals surface area (Å²) in [4.78, 5) is 22.9. The average Bonchev–Trinajstić information content (AvgIpc) is 2.91. The van der Waals surface area contributed by atoms with E-state index >= 15 is 0 Å². The summed E-state index contributed by atoms with van der Waals surface area (Å²) in [6.45, 7) is 7.78. The number of hydrogen-bond donors (Lipinski definition) is 0. The van der Waals surface area contributed by atoms with Crippen LogP contribution in [0.2, 0.25) is 0 Å². The smallest absolute Gasteiger partial charge is 0.307 e. The van der Waals surface area contributed by atoms with Crippen LogP contribution < -0.4 is 0 Å². The maximum atomic E-state index is 11.6. The minimum absolute atomic E-state index is 0.0842. The van der Waals surface area contributed by atoms with E-state index in [0.29, 0.717) is 17.8 Å². The van der Waals surface area contributed by atoms with E-state index in [1.807, 2.05) is 0 Å². The summed E-state index contributed by atoms with van der Waals surface area (Å²) in [7, 11) is 0. The summed E-state index contributed by atoms with van der Waals surface area (Å²) in [6, 6.07) is 0. The van der Waals surface area contributed by atoms with Crippen molar-refractivity contribution in [2.45, 2.75) is 78.7 Å². The Morgan fingerprint density at radius 2 is 1.81 bits per heavy atom. The zero-order valence-corrected chi connectivity index (χ0v) is 17.0. The summed E-state index contributed by atoms with van der Waals surface area (Å²) < 4.78 is 11.1. The lowest BCUT2D eigenvalue weighted by Gasteiger charge is -2.56. The van der Waals surface area contributed by atoms with Crippen LogP contribution in [0.5, 0.6) is 0 Å². The molecule has 27 heavy (non-hydrogen) atoms. The molecule has 0 aromatic carbocycles. The fourth-order valence-corrected chi connectivity index (χ4v) is 6.91. The summed E-state index contributed by atoms with van der Waals surface area (Å²) in [5.41, 5.74) is 1.67. The van der Waals surface area contributed by atoms with Gasteiger partial charge in [-0.2, -0.15) is 0 Å². The van der Waals surface area contributed by atoms with E-state index in [-0.39, 0.29) is 28.9 Å². The SMILES string of the molecule is CC(=O)OC1=CC2=CC[C@H]3[C@@H](CC[C@]4(C)[C@@H](OC(C)=O)CC[C@@H]34)[C@]2(C)CC1. The maximum absolute atomic E-state index is 11.6. The average molecular weight is 373 g/mol. The first kappa shape index (κ1) is 18.8. The minimum atomic E-state index is -0.227. The predicted octanol–water partition coefficient (Wildman–Crippen LogP) is 4.94. The van der Waals surface area contributed by atoms with Gasteiger partial charge in [-0.25, -0.2) is 0 Å². The lowest BCUT2D eigenvalue weighted by Crippen LogP contribution is -2.50. The lowest BCUT2D eigenvalue weighted by molar-refractivity contribution is -0.156. The number of hydrogen-bond acceptors (Lipinski definition) is 4. The van der Waals surface area contributed by atoms with Crippen molar-refractivity contribution in [3.8, 4) is 0 Å². The lowest BCUT2D eigenvalue weighted by atomic mass is 9.48. The van der Waals surface area contributed by atoms with Gasteiger partial charge in [-0.1, -0.05) is 19.9 Å². The standard InChI is InChI=1S/C23H32O4/c1-14(24)26-17-9-11-22(3)16(13-17)5-6-18-19-7-8-21(27-15(2)25)23(19,4)12-10-20(18)22/h5,13,18-21H,6-12H2,1-4H3/t18-,19+,20-,21+,22-,23+/m1/s1. The molecule has 0 bridgehead atoms. The van der Waals surface area contributed by atoms with Crippen molar-refractivity contribution in [1.82, 2.24) is 0 Å². The van der Waals surface area contributed by atoms with Gasteiger partial charge >= 0.3 is 11.9 Å². The molecule has 0 spiro atoms. The Hall–Kier alpha value is -1.58. The van der Waals surface area contributed by atoms with Crippen LogP contribution in [0.15, 0.2) is 23.5 Å². The van der Waals surface area contributed by atoms with Crippen molar-refractivity contribution in [2.24, 2.45) is 28.6 Å². The van der Waals surface area contributed by atoms with Gasteiger partial charge in [0.25, 0.3) is 0 Å². The molecular formula is C23H32O4. The number of rotatable bonds is 2. The maximum Gasteiger partial charge on any atom is 0.307 e.